The summed E-state index contributed by atoms with van der Waals surface area (Å²) in [6, 6.07) is 16.0. The second-order valence-corrected chi connectivity index (χ2v) is 10.7. The van der Waals surface area contributed by atoms with Crippen LogP contribution in [0.25, 0.3) is 0 Å². The van der Waals surface area contributed by atoms with Crippen molar-refractivity contribution >= 4 is 62.1 Å². The number of carbonyl (C=O) groups excluding carboxylic acids is 1. The zero-order valence-electron chi connectivity index (χ0n) is 17.3. The number of anilines is 2. The van der Waals surface area contributed by atoms with Crippen molar-refractivity contribution < 1.29 is 13.9 Å². The minimum atomic E-state index is -3.69. The Bertz CT molecular complexity index is 1200. The van der Waals surface area contributed by atoms with Crippen molar-refractivity contribution in [2.75, 3.05) is 17.5 Å². The fourth-order valence-corrected chi connectivity index (χ4v) is 5.36. The first-order valence-corrected chi connectivity index (χ1v) is 12.7. The molecule has 3 rings (SSSR count). The molecular weight excluding hydrogens is 561 g/mol. The normalized spacial score (nSPS) is 12.6. The number of aromatic nitrogens is 2. The molecule has 0 fully saturated rings. The summed E-state index contributed by atoms with van der Waals surface area (Å²) >= 11 is 6.72. The van der Waals surface area contributed by atoms with Crippen LogP contribution in [0.4, 0.5) is 11.5 Å². The van der Waals surface area contributed by atoms with E-state index in [0.29, 0.717) is 16.9 Å². The standard InChI is InChI=1S/C21H20Br2N5O3P/c1-14-19(32(30,31-2)27-18-10-8-17(23)9-11-18)20(28(26-14)13-3-12-24)25-21(29)15-4-6-16(22)7-5-15/h4-11H,3,13H2,1-2H3,(H,25,29)(H,27,30). The highest BCUT2D eigenvalue weighted by Crippen LogP contribution is 2.48. The lowest BCUT2D eigenvalue weighted by atomic mass is 10.2. The molecule has 2 N–H and O–H groups in total. The fraction of sp³-hybridized carbons (Fsp3) is 0.190. The summed E-state index contributed by atoms with van der Waals surface area (Å²) in [6.07, 6.45) is 0.166. The van der Waals surface area contributed by atoms with Crippen LogP contribution in [0.2, 0.25) is 0 Å². The average molecular weight is 581 g/mol. The molecule has 11 heteroatoms. The number of nitriles is 1. The van der Waals surface area contributed by atoms with Gasteiger partial charge in [0.15, 0.2) is 0 Å². The molecule has 3 aromatic rings. The summed E-state index contributed by atoms with van der Waals surface area (Å²) in [5.41, 5.74) is 1.41. The predicted octanol–water partition coefficient (Wildman–Crippen LogP) is 5.46. The van der Waals surface area contributed by atoms with Crippen LogP contribution in [-0.4, -0.2) is 22.8 Å². The molecular formula is C21H20Br2N5O3P. The molecule has 1 amide bonds. The Morgan fingerprint density at radius 2 is 1.75 bits per heavy atom. The summed E-state index contributed by atoms with van der Waals surface area (Å²) in [6.45, 7) is 1.90. The maximum absolute atomic E-state index is 13.9. The summed E-state index contributed by atoms with van der Waals surface area (Å²) in [4.78, 5) is 12.9. The van der Waals surface area contributed by atoms with Gasteiger partial charge >= 0.3 is 7.52 Å². The number of nitrogens with one attached hydrogen (secondary N) is 2. The minimum Gasteiger partial charge on any atom is -0.313 e. The Kier molecular flexibility index (Phi) is 7.91. The predicted molar refractivity (Wildman–Crippen MR) is 131 cm³/mol. The summed E-state index contributed by atoms with van der Waals surface area (Å²) < 4.78 is 22.6. The van der Waals surface area contributed by atoms with Crippen molar-refractivity contribution in [3.63, 3.8) is 0 Å². The van der Waals surface area contributed by atoms with Gasteiger partial charge in [0.25, 0.3) is 5.91 Å². The second-order valence-electron chi connectivity index (χ2n) is 6.73. The number of hydrogen-bond donors (Lipinski definition) is 2. The summed E-state index contributed by atoms with van der Waals surface area (Å²) in [5, 5.41) is 19.5. The van der Waals surface area contributed by atoms with Gasteiger partial charge in [-0.1, -0.05) is 31.9 Å². The van der Waals surface area contributed by atoms with E-state index in [2.05, 4.69) is 53.4 Å². The number of rotatable bonds is 8. The maximum Gasteiger partial charge on any atom is 0.329 e. The van der Waals surface area contributed by atoms with Crippen LogP contribution >= 0.6 is 39.4 Å². The van der Waals surface area contributed by atoms with Crippen LogP contribution in [-0.2, 0) is 15.6 Å². The summed E-state index contributed by atoms with van der Waals surface area (Å²) in [7, 11) is -2.35. The third-order valence-electron chi connectivity index (χ3n) is 4.54. The zero-order chi connectivity index (χ0) is 23.3. The largest absolute Gasteiger partial charge is 0.329 e. The molecule has 166 valence electrons. The third-order valence-corrected chi connectivity index (χ3v) is 7.79. The van der Waals surface area contributed by atoms with Gasteiger partial charge in [0.1, 0.15) is 11.1 Å². The lowest BCUT2D eigenvalue weighted by molar-refractivity contribution is 0.102. The van der Waals surface area contributed by atoms with E-state index in [1.807, 2.05) is 12.1 Å². The molecule has 0 bridgehead atoms. The Morgan fingerprint density at radius 1 is 1.16 bits per heavy atom. The quantitative estimate of drug-likeness (QED) is 0.342. The van der Waals surface area contributed by atoms with E-state index in [9.17, 15) is 9.36 Å². The van der Waals surface area contributed by atoms with Gasteiger partial charge in [-0.25, -0.2) is 4.68 Å². The highest BCUT2D eigenvalue weighted by molar-refractivity contribution is 9.10. The molecule has 32 heavy (non-hydrogen) atoms. The van der Waals surface area contributed by atoms with E-state index in [1.54, 1.807) is 43.3 Å². The van der Waals surface area contributed by atoms with Crippen molar-refractivity contribution in [2.24, 2.45) is 0 Å². The first kappa shape index (κ1) is 24.2. The van der Waals surface area contributed by atoms with Crippen molar-refractivity contribution in [3.05, 3.63) is 68.7 Å². The Morgan fingerprint density at radius 3 is 2.31 bits per heavy atom. The third kappa shape index (κ3) is 5.48. The number of hydrogen-bond acceptors (Lipinski definition) is 5. The smallest absolute Gasteiger partial charge is 0.313 e. The minimum absolute atomic E-state index is 0.166. The molecule has 2 aromatic carbocycles. The van der Waals surface area contributed by atoms with Crippen LogP contribution < -0.4 is 15.7 Å². The molecule has 0 saturated heterocycles. The van der Waals surface area contributed by atoms with Crippen molar-refractivity contribution in [2.45, 2.75) is 19.9 Å². The molecule has 1 heterocycles. The van der Waals surface area contributed by atoms with Crippen molar-refractivity contribution in [3.8, 4) is 6.07 Å². The van der Waals surface area contributed by atoms with Gasteiger partial charge in [0, 0.05) is 27.3 Å². The SMILES string of the molecule is COP(=O)(Nc1ccc(Br)cc1)c1c(C)nn(CCC#N)c1NC(=O)c1ccc(Br)cc1. The van der Waals surface area contributed by atoms with E-state index in [1.165, 1.54) is 11.8 Å². The highest BCUT2D eigenvalue weighted by atomic mass is 79.9. The van der Waals surface area contributed by atoms with Crippen LogP contribution in [0.5, 0.6) is 0 Å². The summed E-state index contributed by atoms with van der Waals surface area (Å²) in [5.74, 6) is -0.177. The molecule has 1 atom stereocenters. The molecule has 0 spiro atoms. The average Bonchev–Trinajstić information content (AvgIpc) is 3.09. The Hall–Kier alpha value is -2.44. The first-order valence-electron chi connectivity index (χ1n) is 9.49. The first-order chi connectivity index (χ1) is 15.3. The van der Waals surface area contributed by atoms with E-state index in [0.717, 1.165) is 8.95 Å². The number of benzene rings is 2. The molecule has 1 aromatic heterocycles. The van der Waals surface area contributed by atoms with Crippen molar-refractivity contribution in [1.82, 2.24) is 9.78 Å². The van der Waals surface area contributed by atoms with Crippen LogP contribution in [0.1, 0.15) is 22.5 Å². The van der Waals surface area contributed by atoms with Crippen LogP contribution in [0.3, 0.4) is 0 Å². The molecule has 1 unspecified atom stereocenters. The molecule has 0 saturated carbocycles. The lowest BCUT2D eigenvalue weighted by Gasteiger charge is -2.20. The van der Waals surface area contributed by atoms with Gasteiger partial charge in [-0.05, 0) is 55.5 Å². The van der Waals surface area contributed by atoms with Gasteiger partial charge < -0.3 is 14.9 Å². The molecule has 0 aliphatic rings. The molecule has 0 radical (unpaired) electrons. The topological polar surface area (TPSA) is 109 Å². The van der Waals surface area contributed by atoms with E-state index < -0.39 is 13.4 Å². The van der Waals surface area contributed by atoms with Gasteiger partial charge in [0.05, 0.1) is 24.7 Å². The van der Waals surface area contributed by atoms with Crippen LogP contribution in [0, 0.1) is 18.3 Å². The number of halogens is 2. The van der Waals surface area contributed by atoms with E-state index in [-0.39, 0.29) is 24.1 Å². The molecule has 0 aliphatic heterocycles. The fourth-order valence-electron chi connectivity index (χ4n) is 3.03. The van der Waals surface area contributed by atoms with Gasteiger partial charge in [0.2, 0.25) is 0 Å². The number of carbonyl (C=O) groups is 1. The van der Waals surface area contributed by atoms with Gasteiger partial charge in [-0.15, -0.1) is 0 Å². The number of nitrogens with zero attached hydrogens (tertiary/aromatic N) is 3. The Balaban J connectivity index is 2.05. The Labute approximate surface area is 202 Å². The maximum atomic E-state index is 13.9. The van der Waals surface area contributed by atoms with Crippen molar-refractivity contribution in [1.29, 1.82) is 5.26 Å². The van der Waals surface area contributed by atoms with Gasteiger partial charge in [-0.3, -0.25) is 9.36 Å². The van der Waals surface area contributed by atoms with E-state index >= 15 is 0 Å². The number of amides is 1. The van der Waals surface area contributed by atoms with Gasteiger partial charge in [-0.2, -0.15) is 10.4 Å². The highest BCUT2D eigenvalue weighted by Gasteiger charge is 2.35. The second kappa shape index (κ2) is 10.5. The lowest BCUT2D eigenvalue weighted by Crippen LogP contribution is -2.23. The molecule has 0 aliphatic carbocycles. The number of aryl methyl sites for hydroxylation is 2. The van der Waals surface area contributed by atoms with Crippen LogP contribution in [0.15, 0.2) is 57.5 Å². The zero-order valence-corrected chi connectivity index (χ0v) is 21.4. The molecule has 8 nitrogen and oxygen atoms in total. The monoisotopic (exact) mass is 579 g/mol. The van der Waals surface area contributed by atoms with E-state index in [4.69, 9.17) is 9.79 Å².